The van der Waals surface area contributed by atoms with Gasteiger partial charge in [-0.3, -0.25) is 4.79 Å². The highest BCUT2D eigenvalue weighted by Crippen LogP contribution is 2.15. The van der Waals surface area contributed by atoms with Crippen LogP contribution in [0.2, 0.25) is 5.02 Å². The first-order valence-electron chi connectivity index (χ1n) is 8.02. The molecule has 0 bridgehead atoms. The minimum atomic E-state index is -0.0309. The van der Waals surface area contributed by atoms with E-state index in [1.807, 2.05) is 24.1 Å². The van der Waals surface area contributed by atoms with E-state index >= 15 is 0 Å². The van der Waals surface area contributed by atoms with Crippen LogP contribution in [-0.4, -0.2) is 69.1 Å². The van der Waals surface area contributed by atoms with Gasteiger partial charge >= 0.3 is 0 Å². The van der Waals surface area contributed by atoms with E-state index in [9.17, 15) is 4.79 Å². The lowest BCUT2D eigenvalue weighted by Crippen LogP contribution is -2.42. The highest BCUT2D eigenvalue weighted by molar-refractivity contribution is 6.30. The highest BCUT2D eigenvalue weighted by atomic mass is 35.5. The van der Waals surface area contributed by atoms with Gasteiger partial charge in [-0.25, -0.2) is 4.99 Å². The van der Waals surface area contributed by atoms with E-state index in [-0.39, 0.29) is 12.5 Å². The number of hydrogen-bond donors (Lipinski definition) is 1. The van der Waals surface area contributed by atoms with Crippen molar-refractivity contribution in [1.29, 1.82) is 0 Å². The Labute approximate surface area is 149 Å². The fourth-order valence-electron chi connectivity index (χ4n) is 1.77. The molecule has 0 saturated heterocycles. The van der Waals surface area contributed by atoms with Crippen LogP contribution >= 0.6 is 11.6 Å². The number of carbonyl (C=O) groups excluding carboxylic acids is 1. The number of nitrogens with zero attached hydrogens (tertiary/aromatic N) is 3. The summed E-state index contributed by atoms with van der Waals surface area (Å²) in [6.45, 7) is 4.17. The Bertz CT molecular complexity index is 532. The minimum absolute atomic E-state index is 0.0309. The van der Waals surface area contributed by atoms with Crippen LogP contribution < -0.4 is 10.1 Å². The molecule has 1 amide bonds. The number of guanidine groups is 1. The average Bonchev–Trinajstić information content (AvgIpc) is 2.56. The lowest BCUT2D eigenvalue weighted by molar-refractivity contribution is -0.127. The smallest absolute Gasteiger partial charge is 0.243 e. The summed E-state index contributed by atoms with van der Waals surface area (Å²) in [5.74, 6) is 1.44. The van der Waals surface area contributed by atoms with E-state index < -0.39 is 0 Å². The molecule has 6 nitrogen and oxygen atoms in total. The summed E-state index contributed by atoms with van der Waals surface area (Å²) in [6.07, 6.45) is 0.982. The summed E-state index contributed by atoms with van der Waals surface area (Å²) in [6, 6.07) is 7.26. The molecule has 0 heterocycles. The Balaban J connectivity index is 2.53. The summed E-state index contributed by atoms with van der Waals surface area (Å²) in [5, 5.41) is 3.94. The summed E-state index contributed by atoms with van der Waals surface area (Å²) in [7, 11) is 5.37. The van der Waals surface area contributed by atoms with Crippen molar-refractivity contribution in [2.75, 3.05) is 47.4 Å². The first-order valence-corrected chi connectivity index (χ1v) is 8.39. The molecule has 0 atom stereocenters. The number of carbonyl (C=O) groups is 1. The van der Waals surface area contributed by atoms with E-state index in [2.05, 4.69) is 17.2 Å². The average molecular weight is 355 g/mol. The topological polar surface area (TPSA) is 57.2 Å². The normalized spacial score (nSPS) is 11.1. The Hall–Kier alpha value is -1.95. The summed E-state index contributed by atoms with van der Waals surface area (Å²) < 4.78 is 5.69. The number of amides is 1. The van der Waals surface area contributed by atoms with Crippen molar-refractivity contribution in [3.05, 3.63) is 29.3 Å². The van der Waals surface area contributed by atoms with E-state index in [0.29, 0.717) is 24.1 Å². The Morgan fingerprint density at radius 3 is 2.50 bits per heavy atom. The van der Waals surface area contributed by atoms with Crippen LogP contribution in [0.3, 0.4) is 0 Å². The molecule has 24 heavy (non-hydrogen) atoms. The molecule has 0 aliphatic carbocycles. The van der Waals surface area contributed by atoms with Crippen LogP contribution in [0.15, 0.2) is 29.3 Å². The molecule has 0 aliphatic rings. The van der Waals surface area contributed by atoms with Crippen LogP contribution in [0, 0.1) is 0 Å². The molecular weight excluding hydrogens is 328 g/mol. The van der Waals surface area contributed by atoms with E-state index in [1.165, 1.54) is 4.90 Å². The lowest BCUT2D eigenvalue weighted by atomic mass is 10.3. The Morgan fingerprint density at radius 2 is 1.92 bits per heavy atom. The predicted octanol–water partition coefficient (Wildman–Crippen LogP) is 2.09. The second-order valence-corrected chi connectivity index (χ2v) is 6.02. The summed E-state index contributed by atoms with van der Waals surface area (Å²) in [4.78, 5) is 19.6. The number of ether oxygens (including phenoxy) is 1. The molecule has 134 valence electrons. The zero-order valence-corrected chi connectivity index (χ0v) is 15.6. The first-order chi connectivity index (χ1) is 11.4. The van der Waals surface area contributed by atoms with E-state index in [4.69, 9.17) is 16.3 Å². The van der Waals surface area contributed by atoms with E-state index in [0.717, 1.165) is 18.7 Å². The van der Waals surface area contributed by atoms with Gasteiger partial charge in [0.2, 0.25) is 5.91 Å². The maximum atomic E-state index is 11.7. The monoisotopic (exact) mass is 354 g/mol. The van der Waals surface area contributed by atoms with Crippen molar-refractivity contribution >= 4 is 23.5 Å². The number of benzene rings is 1. The second kappa shape index (κ2) is 10.8. The van der Waals surface area contributed by atoms with Crippen LogP contribution in [0.25, 0.3) is 0 Å². The zero-order valence-electron chi connectivity index (χ0n) is 14.9. The Morgan fingerprint density at radius 1 is 1.25 bits per heavy atom. The summed E-state index contributed by atoms with van der Waals surface area (Å²) >= 11 is 5.85. The van der Waals surface area contributed by atoms with Crippen molar-refractivity contribution in [3.8, 4) is 5.75 Å². The zero-order chi connectivity index (χ0) is 17.9. The van der Waals surface area contributed by atoms with Crippen LogP contribution in [0.1, 0.15) is 13.3 Å². The third kappa shape index (κ3) is 7.55. The standard InChI is InChI=1S/C17H27ClN4O2/c1-5-10-19-17(20-13-16(23)21(2)3)22(4)11-12-24-15-8-6-14(18)7-9-15/h6-9H,5,10-13H2,1-4H3,(H,19,20). The van der Waals surface area contributed by atoms with Gasteiger partial charge in [0.05, 0.1) is 6.54 Å². The van der Waals surface area contributed by atoms with Crippen molar-refractivity contribution in [3.63, 3.8) is 0 Å². The molecule has 0 aliphatic heterocycles. The van der Waals surface area contributed by atoms with Gasteiger partial charge in [0.15, 0.2) is 5.96 Å². The van der Waals surface area contributed by atoms with Gasteiger partial charge in [0.25, 0.3) is 0 Å². The molecule has 7 heteroatoms. The molecule has 0 aromatic heterocycles. The van der Waals surface area contributed by atoms with Crippen molar-refractivity contribution < 1.29 is 9.53 Å². The maximum absolute atomic E-state index is 11.7. The van der Waals surface area contributed by atoms with Gasteiger partial charge in [-0.2, -0.15) is 0 Å². The van der Waals surface area contributed by atoms with Gasteiger partial charge in [0.1, 0.15) is 18.9 Å². The molecule has 1 aromatic carbocycles. The fraction of sp³-hybridized carbons (Fsp3) is 0.529. The van der Waals surface area contributed by atoms with Crippen LogP contribution in [0.4, 0.5) is 0 Å². The highest BCUT2D eigenvalue weighted by Gasteiger charge is 2.08. The second-order valence-electron chi connectivity index (χ2n) is 5.58. The quantitative estimate of drug-likeness (QED) is 0.573. The van der Waals surface area contributed by atoms with Gasteiger partial charge in [-0.15, -0.1) is 0 Å². The van der Waals surface area contributed by atoms with Gasteiger partial charge in [-0.1, -0.05) is 18.5 Å². The molecule has 0 unspecified atom stereocenters. The molecule has 0 spiro atoms. The van der Waals surface area contributed by atoms with Gasteiger partial charge < -0.3 is 19.9 Å². The number of likely N-dealkylation sites (N-methyl/N-ethyl adjacent to an activating group) is 2. The van der Waals surface area contributed by atoms with Gasteiger partial charge in [-0.05, 0) is 30.7 Å². The molecule has 0 fully saturated rings. The Kier molecular flexibility index (Phi) is 9.01. The molecule has 0 radical (unpaired) electrons. The molecule has 1 aromatic rings. The lowest BCUT2D eigenvalue weighted by Gasteiger charge is -2.22. The summed E-state index contributed by atoms with van der Waals surface area (Å²) in [5.41, 5.74) is 0. The van der Waals surface area contributed by atoms with Crippen molar-refractivity contribution in [1.82, 2.24) is 15.1 Å². The third-order valence-corrected chi connectivity index (χ3v) is 3.52. The molecule has 1 rings (SSSR count). The SMILES string of the molecule is CCCNC(=NCC(=O)N(C)C)N(C)CCOc1ccc(Cl)cc1. The van der Waals surface area contributed by atoms with Crippen LogP contribution in [0.5, 0.6) is 5.75 Å². The molecule has 1 N–H and O–H groups in total. The first kappa shape index (κ1) is 20.1. The van der Waals surface area contributed by atoms with Crippen molar-refractivity contribution in [2.45, 2.75) is 13.3 Å². The number of halogens is 1. The number of hydrogen-bond acceptors (Lipinski definition) is 3. The molecule has 0 saturated carbocycles. The van der Waals surface area contributed by atoms with Crippen molar-refractivity contribution in [2.24, 2.45) is 4.99 Å². The minimum Gasteiger partial charge on any atom is -0.492 e. The molecular formula is C17H27ClN4O2. The van der Waals surface area contributed by atoms with Gasteiger partial charge in [0, 0.05) is 32.7 Å². The predicted molar refractivity (Wildman–Crippen MR) is 98.9 cm³/mol. The number of aliphatic imine (C=N–C) groups is 1. The van der Waals surface area contributed by atoms with E-state index in [1.54, 1.807) is 26.2 Å². The maximum Gasteiger partial charge on any atom is 0.243 e. The number of nitrogens with one attached hydrogen (secondary N) is 1. The fourth-order valence-corrected chi connectivity index (χ4v) is 1.90. The number of rotatable bonds is 8. The van der Waals surface area contributed by atoms with Crippen LogP contribution in [-0.2, 0) is 4.79 Å². The largest absolute Gasteiger partial charge is 0.492 e. The third-order valence-electron chi connectivity index (χ3n) is 3.27.